The van der Waals surface area contributed by atoms with E-state index in [9.17, 15) is 9.59 Å². The lowest BCUT2D eigenvalue weighted by Crippen LogP contribution is -2.33. The maximum atomic E-state index is 12.0. The highest BCUT2D eigenvalue weighted by molar-refractivity contribution is 5.79. The molecule has 0 bridgehead atoms. The standard InChI is InChI=1S/C21H23NO5/c23-19(21(25)26)12-22-11-5-10-20(24)27-13-18-16-8-3-1-6-14(16)15-7-2-4-9-17(15)18/h1-4,6-9,18-19,22-23H,5,10-13H2,(H,25,26). The van der Waals surface area contributed by atoms with E-state index in [2.05, 4.69) is 29.6 Å². The summed E-state index contributed by atoms with van der Waals surface area (Å²) in [6.07, 6.45) is -0.672. The van der Waals surface area contributed by atoms with Gasteiger partial charge in [-0.2, -0.15) is 0 Å². The summed E-state index contributed by atoms with van der Waals surface area (Å²) in [6.45, 7) is 0.701. The van der Waals surface area contributed by atoms with Gasteiger partial charge in [0.05, 0.1) is 0 Å². The minimum absolute atomic E-state index is 0.0416. The molecule has 6 nitrogen and oxygen atoms in total. The highest BCUT2D eigenvalue weighted by Gasteiger charge is 2.28. The van der Waals surface area contributed by atoms with Crippen molar-refractivity contribution in [1.29, 1.82) is 0 Å². The Morgan fingerprint density at radius 2 is 1.63 bits per heavy atom. The molecule has 0 spiro atoms. The number of aliphatic carboxylic acids is 1. The summed E-state index contributed by atoms with van der Waals surface area (Å²) in [7, 11) is 0. The Labute approximate surface area is 157 Å². The van der Waals surface area contributed by atoms with Crippen LogP contribution in [0.5, 0.6) is 0 Å². The minimum atomic E-state index is -1.43. The van der Waals surface area contributed by atoms with E-state index in [1.807, 2.05) is 24.3 Å². The van der Waals surface area contributed by atoms with Gasteiger partial charge in [-0.15, -0.1) is 0 Å². The Morgan fingerprint density at radius 1 is 1.04 bits per heavy atom. The van der Waals surface area contributed by atoms with Crippen molar-refractivity contribution < 1.29 is 24.5 Å². The summed E-state index contributed by atoms with van der Waals surface area (Å²) >= 11 is 0. The molecule has 0 amide bonds. The summed E-state index contributed by atoms with van der Waals surface area (Å²) in [5.41, 5.74) is 4.73. The number of aliphatic hydroxyl groups is 1. The molecule has 0 heterocycles. The Balaban J connectivity index is 1.48. The highest BCUT2D eigenvalue weighted by Crippen LogP contribution is 2.44. The zero-order chi connectivity index (χ0) is 19.2. The van der Waals surface area contributed by atoms with Crippen molar-refractivity contribution in [3.8, 4) is 11.1 Å². The number of carboxylic acids is 1. The number of carboxylic acid groups (broad SMARTS) is 1. The number of nitrogens with one attached hydrogen (secondary N) is 1. The average molecular weight is 369 g/mol. The van der Waals surface area contributed by atoms with Crippen molar-refractivity contribution in [3.05, 3.63) is 59.7 Å². The number of hydrogen-bond donors (Lipinski definition) is 3. The predicted octanol–water partition coefficient (Wildman–Crippen LogP) is 2.16. The van der Waals surface area contributed by atoms with Crippen LogP contribution in [0.15, 0.2) is 48.5 Å². The third-order valence-corrected chi connectivity index (χ3v) is 4.73. The molecular formula is C21H23NO5. The molecule has 1 atom stereocenters. The molecule has 27 heavy (non-hydrogen) atoms. The van der Waals surface area contributed by atoms with E-state index in [1.165, 1.54) is 22.3 Å². The van der Waals surface area contributed by atoms with Crippen molar-refractivity contribution in [2.24, 2.45) is 0 Å². The van der Waals surface area contributed by atoms with Gasteiger partial charge < -0.3 is 20.3 Å². The van der Waals surface area contributed by atoms with Gasteiger partial charge in [-0.3, -0.25) is 4.79 Å². The first kappa shape index (κ1) is 19.1. The van der Waals surface area contributed by atoms with Crippen LogP contribution < -0.4 is 5.32 Å². The molecule has 0 aliphatic heterocycles. The fourth-order valence-corrected chi connectivity index (χ4v) is 3.37. The van der Waals surface area contributed by atoms with E-state index in [0.717, 1.165) is 0 Å². The molecule has 0 fully saturated rings. The molecular weight excluding hydrogens is 346 g/mol. The number of rotatable bonds is 9. The molecule has 1 unspecified atom stereocenters. The minimum Gasteiger partial charge on any atom is -0.479 e. The predicted molar refractivity (Wildman–Crippen MR) is 100 cm³/mol. The van der Waals surface area contributed by atoms with Crippen LogP contribution in [0.3, 0.4) is 0 Å². The fourth-order valence-electron chi connectivity index (χ4n) is 3.37. The number of carbonyl (C=O) groups is 2. The molecule has 0 saturated heterocycles. The lowest BCUT2D eigenvalue weighted by Gasteiger charge is -2.14. The van der Waals surface area contributed by atoms with Crippen molar-refractivity contribution in [1.82, 2.24) is 5.32 Å². The lowest BCUT2D eigenvalue weighted by atomic mass is 9.98. The molecule has 2 aromatic carbocycles. The SMILES string of the molecule is O=C(CCCNCC(O)C(=O)O)OCC1c2ccccc2-c2ccccc21. The van der Waals surface area contributed by atoms with E-state index < -0.39 is 12.1 Å². The van der Waals surface area contributed by atoms with Crippen molar-refractivity contribution >= 4 is 11.9 Å². The summed E-state index contributed by atoms with van der Waals surface area (Å²) in [6, 6.07) is 16.3. The molecule has 0 aromatic heterocycles. The van der Waals surface area contributed by atoms with Crippen LogP contribution >= 0.6 is 0 Å². The van der Waals surface area contributed by atoms with Gasteiger partial charge in [-0.1, -0.05) is 48.5 Å². The third-order valence-electron chi connectivity index (χ3n) is 4.73. The van der Waals surface area contributed by atoms with E-state index in [-0.39, 0.29) is 24.9 Å². The number of fused-ring (bicyclic) bond motifs is 3. The van der Waals surface area contributed by atoms with Crippen LogP contribution in [0.4, 0.5) is 0 Å². The Kier molecular flexibility index (Phi) is 6.21. The van der Waals surface area contributed by atoms with Crippen LogP contribution in [0.1, 0.15) is 29.9 Å². The number of carbonyl (C=O) groups excluding carboxylic acids is 1. The van der Waals surface area contributed by atoms with Gasteiger partial charge in [-0.25, -0.2) is 4.79 Å². The molecule has 3 N–H and O–H groups in total. The Hall–Kier alpha value is -2.70. The number of ether oxygens (including phenoxy) is 1. The van der Waals surface area contributed by atoms with Gasteiger partial charge in [0, 0.05) is 18.9 Å². The number of hydrogen-bond acceptors (Lipinski definition) is 5. The van der Waals surface area contributed by atoms with Crippen LogP contribution in [0.25, 0.3) is 11.1 Å². The second kappa shape index (κ2) is 8.79. The van der Waals surface area contributed by atoms with Gasteiger partial charge in [0.2, 0.25) is 0 Å². The first-order valence-corrected chi connectivity index (χ1v) is 9.03. The molecule has 1 aliphatic rings. The van der Waals surface area contributed by atoms with Gasteiger partial charge in [-0.05, 0) is 35.2 Å². The van der Waals surface area contributed by atoms with Gasteiger partial charge in [0.25, 0.3) is 0 Å². The first-order chi connectivity index (χ1) is 13.1. The Bertz CT molecular complexity index is 774. The smallest absolute Gasteiger partial charge is 0.333 e. The van der Waals surface area contributed by atoms with Gasteiger partial charge >= 0.3 is 11.9 Å². The van der Waals surface area contributed by atoms with Crippen molar-refractivity contribution in [3.63, 3.8) is 0 Å². The fraction of sp³-hybridized carbons (Fsp3) is 0.333. The Morgan fingerprint density at radius 3 is 2.22 bits per heavy atom. The second-order valence-corrected chi connectivity index (χ2v) is 6.57. The molecule has 1 aliphatic carbocycles. The largest absolute Gasteiger partial charge is 0.479 e. The molecule has 0 radical (unpaired) electrons. The molecule has 2 aromatic rings. The van der Waals surface area contributed by atoms with Crippen LogP contribution in [0, 0.1) is 0 Å². The molecule has 142 valence electrons. The maximum Gasteiger partial charge on any atom is 0.333 e. The van der Waals surface area contributed by atoms with Crippen LogP contribution in [-0.4, -0.2) is 48.0 Å². The highest BCUT2D eigenvalue weighted by atomic mass is 16.5. The van der Waals surface area contributed by atoms with Crippen LogP contribution in [0.2, 0.25) is 0 Å². The molecule has 6 heteroatoms. The first-order valence-electron chi connectivity index (χ1n) is 9.03. The summed E-state index contributed by atoms with van der Waals surface area (Å²) in [5.74, 6) is -1.50. The quantitative estimate of drug-likeness (QED) is 0.463. The number of benzene rings is 2. The van der Waals surface area contributed by atoms with E-state index in [0.29, 0.717) is 19.6 Å². The number of aliphatic hydroxyl groups excluding tert-OH is 1. The molecule has 0 saturated carbocycles. The summed E-state index contributed by atoms with van der Waals surface area (Å²) in [5, 5.41) is 20.5. The van der Waals surface area contributed by atoms with Crippen molar-refractivity contribution in [2.75, 3.05) is 19.7 Å². The van der Waals surface area contributed by atoms with Crippen molar-refractivity contribution in [2.45, 2.75) is 24.9 Å². The summed E-state index contributed by atoms with van der Waals surface area (Å²) < 4.78 is 5.50. The van der Waals surface area contributed by atoms with Crippen LogP contribution in [-0.2, 0) is 14.3 Å². The third kappa shape index (κ3) is 4.53. The van der Waals surface area contributed by atoms with E-state index in [4.69, 9.17) is 14.9 Å². The zero-order valence-corrected chi connectivity index (χ0v) is 14.9. The van der Waals surface area contributed by atoms with E-state index >= 15 is 0 Å². The second-order valence-electron chi connectivity index (χ2n) is 6.57. The van der Waals surface area contributed by atoms with Gasteiger partial charge in [0.15, 0.2) is 6.10 Å². The number of esters is 1. The average Bonchev–Trinajstić information content (AvgIpc) is 3.00. The zero-order valence-electron chi connectivity index (χ0n) is 14.9. The molecule has 3 rings (SSSR count). The topological polar surface area (TPSA) is 95.9 Å². The summed E-state index contributed by atoms with van der Waals surface area (Å²) in [4.78, 5) is 22.5. The lowest BCUT2D eigenvalue weighted by molar-refractivity contribution is -0.146. The van der Waals surface area contributed by atoms with Gasteiger partial charge in [0.1, 0.15) is 6.61 Å². The van der Waals surface area contributed by atoms with E-state index in [1.54, 1.807) is 0 Å². The maximum absolute atomic E-state index is 12.0. The monoisotopic (exact) mass is 369 g/mol. The normalized spacial score (nSPS) is 13.7.